The van der Waals surface area contributed by atoms with Gasteiger partial charge in [0.15, 0.2) is 0 Å². The van der Waals surface area contributed by atoms with E-state index in [0.717, 1.165) is 31.1 Å². The Labute approximate surface area is 110 Å². The second-order valence-corrected chi connectivity index (χ2v) is 6.15. The molecule has 2 saturated carbocycles. The molecule has 3 rings (SSSR count). The lowest BCUT2D eigenvalue weighted by Crippen LogP contribution is -2.43. The van der Waals surface area contributed by atoms with Gasteiger partial charge in [0, 0.05) is 11.1 Å². The summed E-state index contributed by atoms with van der Waals surface area (Å²) in [5, 5.41) is 0. The summed E-state index contributed by atoms with van der Waals surface area (Å²) in [5.74, 6) is 1.86. The highest BCUT2D eigenvalue weighted by Crippen LogP contribution is 2.45. The number of ether oxygens (including phenoxy) is 1. The molecule has 2 nitrogen and oxygen atoms in total. The van der Waals surface area contributed by atoms with Gasteiger partial charge >= 0.3 is 0 Å². The fraction of sp³-hybridized carbons (Fsp3) is 0.625. The molecule has 98 valence electrons. The molecule has 2 aliphatic rings. The van der Waals surface area contributed by atoms with E-state index in [0.29, 0.717) is 0 Å². The summed E-state index contributed by atoms with van der Waals surface area (Å²) in [7, 11) is 0. The van der Waals surface area contributed by atoms with E-state index < -0.39 is 0 Å². The van der Waals surface area contributed by atoms with Crippen LogP contribution in [0.25, 0.3) is 0 Å². The molecule has 1 aromatic rings. The van der Waals surface area contributed by atoms with Gasteiger partial charge in [-0.05, 0) is 63.0 Å². The second-order valence-electron chi connectivity index (χ2n) is 6.15. The Hall–Kier alpha value is -1.02. The van der Waals surface area contributed by atoms with Crippen molar-refractivity contribution in [2.45, 2.75) is 51.5 Å². The highest BCUT2D eigenvalue weighted by molar-refractivity contribution is 5.49. The smallest absolute Gasteiger partial charge is 0.127 e. The number of hydrogen-bond acceptors (Lipinski definition) is 2. The van der Waals surface area contributed by atoms with E-state index in [1.54, 1.807) is 0 Å². The number of nitrogens with two attached hydrogens (primary N) is 1. The number of hydrogen-bond donors (Lipinski definition) is 1. The molecular formula is C16H23NO. The Balaban J connectivity index is 1.92. The quantitative estimate of drug-likeness (QED) is 0.882. The Kier molecular flexibility index (Phi) is 2.86. The first-order valence-corrected chi connectivity index (χ1v) is 7.12. The van der Waals surface area contributed by atoms with Gasteiger partial charge in [0.05, 0.1) is 6.61 Å². The van der Waals surface area contributed by atoms with Crippen molar-refractivity contribution in [2.24, 2.45) is 11.7 Å². The van der Waals surface area contributed by atoms with Gasteiger partial charge in [-0.25, -0.2) is 0 Å². The van der Waals surface area contributed by atoms with E-state index in [2.05, 4.69) is 26.0 Å². The van der Waals surface area contributed by atoms with Crippen LogP contribution >= 0.6 is 0 Å². The number of aryl methyl sites for hydroxylation is 1. The van der Waals surface area contributed by atoms with E-state index >= 15 is 0 Å². The molecule has 0 atom stereocenters. The minimum absolute atomic E-state index is 0.128. The van der Waals surface area contributed by atoms with Crippen molar-refractivity contribution in [3.05, 3.63) is 28.8 Å². The van der Waals surface area contributed by atoms with Crippen LogP contribution in [0.1, 0.15) is 48.8 Å². The van der Waals surface area contributed by atoms with Crippen LogP contribution in [0.5, 0.6) is 5.75 Å². The molecule has 0 bridgehead atoms. The maximum atomic E-state index is 6.49. The van der Waals surface area contributed by atoms with Crippen LogP contribution in [0, 0.1) is 19.8 Å². The van der Waals surface area contributed by atoms with Crippen molar-refractivity contribution < 1.29 is 4.74 Å². The van der Waals surface area contributed by atoms with E-state index in [1.807, 2.05) is 0 Å². The maximum absolute atomic E-state index is 6.49. The lowest BCUT2D eigenvalue weighted by atomic mass is 9.72. The monoisotopic (exact) mass is 245 g/mol. The molecule has 2 heteroatoms. The molecular weight excluding hydrogens is 222 g/mol. The van der Waals surface area contributed by atoms with Crippen LogP contribution in [0.2, 0.25) is 0 Å². The fourth-order valence-electron chi connectivity index (χ4n) is 2.68. The van der Waals surface area contributed by atoms with Crippen molar-refractivity contribution in [1.29, 1.82) is 0 Å². The molecule has 0 saturated heterocycles. The van der Waals surface area contributed by atoms with Gasteiger partial charge in [0.2, 0.25) is 0 Å². The zero-order valence-corrected chi connectivity index (χ0v) is 11.5. The Bertz CT molecular complexity index is 458. The first kappa shape index (κ1) is 12.0. The Morgan fingerprint density at radius 2 is 2.00 bits per heavy atom. The summed E-state index contributed by atoms with van der Waals surface area (Å²) in [6.45, 7) is 5.17. The normalized spacial score (nSPS) is 21.5. The molecule has 1 aromatic carbocycles. The first-order valence-electron chi connectivity index (χ1n) is 7.12. The molecule has 0 unspecified atom stereocenters. The minimum atomic E-state index is -0.128. The predicted molar refractivity (Wildman–Crippen MR) is 73.9 cm³/mol. The van der Waals surface area contributed by atoms with Crippen LogP contribution in [-0.2, 0) is 5.54 Å². The van der Waals surface area contributed by atoms with Gasteiger partial charge in [0.25, 0.3) is 0 Å². The zero-order chi connectivity index (χ0) is 12.8. The van der Waals surface area contributed by atoms with Crippen LogP contribution in [-0.4, -0.2) is 6.61 Å². The molecule has 18 heavy (non-hydrogen) atoms. The van der Waals surface area contributed by atoms with E-state index in [4.69, 9.17) is 10.5 Å². The molecule has 0 spiro atoms. The van der Waals surface area contributed by atoms with Gasteiger partial charge in [-0.3, -0.25) is 0 Å². The third kappa shape index (κ3) is 2.03. The van der Waals surface area contributed by atoms with Crippen molar-refractivity contribution in [3.63, 3.8) is 0 Å². The minimum Gasteiger partial charge on any atom is -0.493 e. The fourth-order valence-corrected chi connectivity index (χ4v) is 2.68. The average molecular weight is 245 g/mol. The molecule has 0 aliphatic heterocycles. The summed E-state index contributed by atoms with van der Waals surface area (Å²) < 4.78 is 6.11. The van der Waals surface area contributed by atoms with Gasteiger partial charge in [-0.2, -0.15) is 0 Å². The predicted octanol–water partition coefficient (Wildman–Crippen LogP) is 3.43. The van der Waals surface area contributed by atoms with E-state index in [1.165, 1.54) is 36.0 Å². The topological polar surface area (TPSA) is 35.2 Å². The van der Waals surface area contributed by atoms with Gasteiger partial charge in [0.1, 0.15) is 5.75 Å². The average Bonchev–Trinajstić information content (AvgIpc) is 3.12. The molecule has 0 amide bonds. The molecule has 2 N–H and O–H groups in total. The van der Waals surface area contributed by atoms with Crippen LogP contribution in [0.3, 0.4) is 0 Å². The third-order valence-electron chi connectivity index (χ3n) is 4.62. The molecule has 0 heterocycles. The van der Waals surface area contributed by atoms with E-state index in [9.17, 15) is 0 Å². The van der Waals surface area contributed by atoms with Crippen LogP contribution < -0.4 is 10.5 Å². The summed E-state index contributed by atoms with van der Waals surface area (Å²) in [5.41, 5.74) is 10.2. The number of rotatable bonds is 4. The highest BCUT2D eigenvalue weighted by Gasteiger charge is 2.37. The summed E-state index contributed by atoms with van der Waals surface area (Å²) in [4.78, 5) is 0. The first-order chi connectivity index (χ1) is 8.60. The lowest BCUT2D eigenvalue weighted by Gasteiger charge is -2.40. The Morgan fingerprint density at radius 1 is 1.28 bits per heavy atom. The van der Waals surface area contributed by atoms with Gasteiger partial charge < -0.3 is 10.5 Å². The summed E-state index contributed by atoms with van der Waals surface area (Å²) in [6, 6.07) is 4.37. The standard InChI is InChI=1S/C16H23NO/c1-11-4-7-14(16(17)8-3-9-16)15(12(11)2)18-10-13-5-6-13/h4,7,13H,3,5-6,8-10,17H2,1-2H3. The van der Waals surface area contributed by atoms with Gasteiger partial charge in [-0.1, -0.05) is 12.1 Å². The molecule has 0 aromatic heterocycles. The van der Waals surface area contributed by atoms with Crippen molar-refractivity contribution in [1.82, 2.24) is 0 Å². The molecule has 2 fully saturated rings. The van der Waals surface area contributed by atoms with E-state index in [-0.39, 0.29) is 5.54 Å². The van der Waals surface area contributed by atoms with Crippen molar-refractivity contribution >= 4 is 0 Å². The van der Waals surface area contributed by atoms with Crippen LogP contribution in [0.4, 0.5) is 0 Å². The molecule has 0 radical (unpaired) electrons. The summed E-state index contributed by atoms with van der Waals surface area (Å²) >= 11 is 0. The van der Waals surface area contributed by atoms with Crippen LogP contribution in [0.15, 0.2) is 12.1 Å². The second kappa shape index (κ2) is 4.27. The maximum Gasteiger partial charge on any atom is 0.127 e. The SMILES string of the molecule is Cc1ccc(C2(N)CCC2)c(OCC2CC2)c1C. The van der Waals surface area contributed by atoms with Gasteiger partial charge in [-0.15, -0.1) is 0 Å². The van der Waals surface area contributed by atoms with Crippen molar-refractivity contribution in [3.8, 4) is 5.75 Å². The third-order valence-corrected chi connectivity index (χ3v) is 4.62. The van der Waals surface area contributed by atoms with Crippen molar-refractivity contribution in [2.75, 3.05) is 6.61 Å². The summed E-state index contributed by atoms with van der Waals surface area (Å²) in [6.07, 6.45) is 6.08. The zero-order valence-electron chi connectivity index (χ0n) is 11.5. The highest BCUT2D eigenvalue weighted by atomic mass is 16.5. The lowest BCUT2D eigenvalue weighted by molar-refractivity contribution is 0.231. The Morgan fingerprint density at radius 3 is 2.56 bits per heavy atom. The number of benzene rings is 1. The largest absolute Gasteiger partial charge is 0.493 e. The molecule has 2 aliphatic carbocycles.